The van der Waals surface area contributed by atoms with E-state index in [-0.39, 0.29) is 5.83 Å². The molecule has 10 heavy (non-hydrogen) atoms. The van der Waals surface area contributed by atoms with Gasteiger partial charge in [0.1, 0.15) is 11.6 Å². The summed E-state index contributed by atoms with van der Waals surface area (Å²) < 4.78 is 17.7. The van der Waals surface area contributed by atoms with Gasteiger partial charge in [0.05, 0.1) is 7.11 Å². The topological polar surface area (TPSA) is 9.23 Å². The van der Waals surface area contributed by atoms with Gasteiger partial charge < -0.3 is 4.74 Å². The lowest BCUT2D eigenvalue weighted by Gasteiger charge is -2.18. The molecule has 1 nitrogen and oxygen atoms in total. The second-order valence-electron chi connectivity index (χ2n) is 2.88. The van der Waals surface area contributed by atoms with Gasteiger partial charge in [-0.15, -0.1) is 0 Å². The molecule has 0 heterocycles. The summed E-state index contributed by atoms with van der Waals surface area (Å²) in [5, 5.41) is 0. The van der Waals surface area contributed by atoms with Crippen LogP contribution < -0.4 is 0 Å². The minimum absolute atomic E-state index is 0.0544. The SMILES string of the molecule is COC1=C(F)CC(C)CC1. The van der Waals surface area contributed by atoms with E-state index in [9.17, 15) is 4.39 Å². The van der Waals surface area contributed by atoms with Gasteiger partial charge in [-0.1, -0.05) is 6.92 Å². The van der Waals surface area contributed by atoms with Crippen LogP contribution in [0.25, 0.3) is 0 Å². The minimum Gasteiger partial charge on any atom is -0.498 e. The number of rotatable bonds is 1. The summed E-state index contributed by atoms with van der Waals surface area (Å²) in [7, 11) is 1.53. The second-order valence-corrected chi connectivity index (χ2v) is 2.88. The van der Waals surface area contributed by atoms with Crippen molar-refractivity contribution in [3.8, 4) is 0 Å². The van der Waals surface area contributed by atoms with Crippen LogP contribution in [0.15, 0.2) is 11.6 Å². The number of methoxy groups -OCH3 is 1. The van der Waals surface area contributed by atoms with Gasteiger partial charge in [0.25, 0.3) is 0 Å². The summed E-state index contributed by atoms with van der Waals surface area (Å²) >= 11 is 0. The van der Waals surface area contributed by atoms with Crippen LogP contribution in [0.5, 0.6) is 0 Å². The Bertz CT molecular complexity index is 151. The first-order chi connectivity index (χ1) is 4.74. The molecular formula is C8H13FO. The van der Waals surface area contributed by atoms with Crippen LogP contribution in [0, 0.1) is 5.92 Å². The summed E-state index contributed by atoms with van der Waals surface area (Å²) in [6.07, 6.45) is 2.38. The Balaban J connectivity index is 2.61. The average molecular weight is 144 g/mol. The van der Waals surface area contributed by atoms with Crippen LogP contribution in [0.2, 0.25) is 0 Å². The first kappa shape index (κ1) is 7.58. The van der Waals surface area contributed by atoms with Crippen molar-refractivity contribution in [3.05, 3.63) is 11.6 Å². The van der Waals surface area contributed by atoms with Crippen LogP contribution >= 0.6 is 0 Å². The molecule has 0 N–H and O–H groups in total. The summed E-state index contributed by atoms with van der Waals surface area (Å²) in [6.45, 7) is 2.06. The number of hydrogen-bond donors (Lipinski definition) is 0. The Morgan fingerprint density at radius 3 is 2.80 bits per heavy atom. The number of ether oxygens (including phenoxy) is 1. The highest BCUT2D eigenvalue weighted by molar-refractivity contribution is 5.05. The Morgan fingerprint density at radius 2 is 2.30 bits per heavy atom. The van der Waals surface area contributed by atoms with Crippen molar-refractivity contribution in [2.45, 2.75) is 26.2 Å². The first-order valence-corrected chi connectivity index (χ1v) is 3.65. The lowest BCUT2D eigenvalue weighted by atomic mass is 9.94. The van der Waals surface area contributed by atoms with Gasteiger partial charge >= 0.3 is 0 Å². The van der Waals surface area contributed by atoms with E-state index >= 15 is 0 Å². The molecular weight excluding hydrogens is 131 g/mol. The van der Waals surface area contributed by atoms with Gasteiger partial charge in [0, 0.05) is 12.8 Å². The Labute approximate surface area is 60.9 Å². The molecule has 1 aliphatic carbocycles. The van der Waals surface area contributed by atoms with E-state index < -0.39 is 0 Å². The molecule has 0 aromatic rings. The van der Waals surface area contributed by atoms with Crippen LogP contribution in [0.1, 0.15) is 26.2 Å². The molecule has 0 bridgehead atoms. The summed E-state index contributed by atoms with van der Waals surface area (Å²) in [6, 6.07) is 0. The van der Waals surface area contributed by atoms with Crippen molar-refractivity contribution in [3.63, 3.8) is 0 Å². The molecule has 0 aromatic heterocycles. The summed E-state index contributed by atoms with van der Waals surface area (Å²) in [5.41, 5.74) is 0. The van der Waals surface area contributed by atoms with Gasteiger partial charge in [0.15, 0.2) is 0 Å². The standard InChI is InChI=1S/C8H13FO/c1-6-3-4-8(10-2)7(9)5-6/h6H,3-5H2,1-2H3. The van der Waals surface area contributed by atoms with Crippen LogP contribution in [0.3, 0.4) is 0 Å². The third-order valence-corrected chi connectivity index (χ3v) is 1.94. The molecule has 0 spiro atoms. The van der Waals surface area contributed by atoms with E-state index in [1.165, 1.54) is 7.11 Å². The Morgan fingerprint density at radius 1 is 1.60 bits per heavy atom. The molecule has 1 rings (SSSR count). The molecule has 0 saturated heterocycles. The Hall–Kier alpha value is -0.530. The second kappa shape index (κ2) is 3.04. The fraction of sp³-hybridized carbons (Fsp3) is 0.750. The normalized spacial score (nSPS) is 26.9. The largest absolute Gasteiger partial charge is 0.498 e. The highest BCUT2D eigenvalue weighted by Gasteiger charge is 2.17. The van der Waals surface area contributed by atoms with Crippen LogP contribution in [-0.2, 0) is 4.74 Å². The van der Waals surface area contributed by atoms with Crippen molar-refractivity contribution >= 4 is 0 Å². The van der Waals surface area contributed by atoms with Crippen molar-refractivity contribution in [2.75, 3.05) is 7.11 Å². The average Bonchev–Trinajstić information content (AvgIpc) is 1.88. The molecule has 0 saturated carbocycles. The highest BCUT2D eigenvalue weighted by Crippen LogP contribution is 2.29. The van der Waals surface area contributed by atoms with E-state index in [0.29, 0.717) is 18.1 Å². The zero-order chi connectivity index (χ0) is 7.56. The van der Waals surface area contributed by atoms with Crippen molar-refractivity contribution < 1.29 is 9.13 Å². The number of hydrogen-bond acceptors (Lipinski definition) is 1. The van der Waals surface area contributed by atoms with E-state index in [4.69, 9.17) is 4.74 Å². The summed E-state index contributed by atoms with van der Waals surface area (Å²) in [4.78, 5) is 0. The maximum Gasteiger partial charge on any atom is 0.138 e. The fourth-order valence-electron chi connectivity index (χ4n) is 1.25. The highest BCUT2D eigenvalue weighted by atomic mass is 19.1. The van der Waals surface area contributed by atoms with Gasteiger partial charge in [-0.2, -0.15) is 0 Å². The zero-order valence-electron chi connectivity index (χ0n) is 6.48. The smallest absolute Gasteiger partial charge is 0.138 e. The van der Waals surface area contributed by atoms with E-state index in [1.807, 2.05) is 0 Å². The van der Waals surface area contributed by atoms with E-state index in [0.717, 1.165) is 12.8 Å². The lowest BCUT2D eigenvalue weighted by molar-refractivity contribution is 0.230. The molecule has 1 atom stereocenters. The van der Waals surface area contributed by atoms with Crippen molar-refractivity contribution in [1.29, 1.82) is 0 Å². The molecule has 2 heteroatoms. The van der Waals surface area contributed by atoms with E-state index in [2.05, 4.69) is 6.92 Å². The third-order valence-electron chi connectivity index (χ3n) is 1.94. The molecule has 58 valence electrons. The first-order valence-electron chi connectivity index (χ1n) is 3.65. The minimum atomic E-state index is -0.0544. The molecule has 0 fully saturated rings. The van der Waals surface area contributed by atoms with Gasteiger partial charge in [0.2, 0.25) is 0 Å². The van der Waals surface area contributed by atoms with Gasteiger partial charge in [-0.3, -0.25) is 0 Å². The van der Waals surface area contributed by atoms with Crippen molar-refractivity contribution in [1.82, 2.24) is 0 Å². The quantitative estimate of drug-likeness (QED) is 0.549. The molecule has 0 aliphatic heterocycles. The predicted octanol–water partition coefficient (Wildman–Crippen LogP) is 2.63. The molecule has 0 radical (unpaired) electrons. The van der Waals surface area contributed by atoms with Gasteiger partial charge in [-0.05, 0) is 12.3 Å². The number of halogens is 1. The fourth-order valence-corrected chi connectivity index (χ4v) is 1.25. The molecule has 1 unspecified atom stereocenters. The summed E-state index contributed by atoms with van der Waals surface area (Å²) in [5.74, 6) is 0.984. The Kier molecular flexibility index (Phi) is 2.30. The monoisotopic (exact) mass is 144 g/mol. The lowest BCUT2D eigenvalue weighted by Crippen LogP contribution is -2.06. The maximum atomic E-state index is 12.9. The molecule has 1 aliphatic rings. The number of allylic oxidation sites excluding steroid dienone is 2. The van der Waals surface area contributed by atoms with Crippen molar-refractivity contribution in [2.24, 2.45) is 5.92 Å². The molecule has 0 aromatic carbocycles. The maximum absolute atomic E-state index is 12.9. The van der Waals surface area contributed by atoms with Crippen LogP contribution in [0.4, 0.5) is 4.39 Å². The third kappa shape index (κ3) is 1.49. The molecule has 0 amide bonds. The zero-order valence-corrected chi connectivity index (χ0v) is 6.48. The van der Waals surface area contributed by atoms with Crippen LogP contribution in [-0.4, -0.2) is 7.11 Å². The predicted molar refractivity (Wildman–Crippen MR) is 38.2 cm³/mol. The van der Waals surface area contributed by atoms with Gasteiger partial charge in [-0.25, -0.2) is 4.39 Å². The van der Waals surface area contributed by atoms with E-state index in [1.54, 1.807) is 0 Å².